The molecule has 0 heterocycles. The van der Waals surface area contributed by atoms with E-state index in [9.17, 15) is 19.8 Å². The molecular formula is C20H18O6. The zero-order valence-corrected chi connectivity index (χ0v) is 14.1. The summed E-state index contributed by atoms with van der Waals surface area (Å²) in [5.74, 6) is -0.671. The maximum atomic E-state index is 11.8. The van der Waals surface area contributed by atoms with Crippen molar-refractivity contribution in [2.45, 2.75) is 0 Å². The lowest BCUT2D eigenvalue weighted by Crippen LogP contribution is -2.09. The van der Waals surface area contributed by atoms with Gasteiger partial charge in [-0.3, -0.25) is 4.79 Å². The van der Waals surface area contributed by atoms with Gasteiger partial charge in [-0.15, -0.1) is 0 Å². The average Bonchev–Trinajstić information content (AvgIpc) is 2.64. The normalized spacial score (nSPS) is 11.0. The number of carbonyl (C=O) groups is 2. The first-order chi connectivity index (χ1) is 12.5. The summed E-state index contributed by atoms with van der Waals surface area (Å²) in [5, 5.41) is 18.8. The fourth-order valence-corrected chi connectivity index (χ4v) is 2.02. The van der Waals surface area contributed by atoms with E-state index in [2.05, 4.69) is 0 Å². The van der Waals surface area contributed by atoms with Crippen molar-refractivity contribution in [3.63, 3.8) is 0 Å². The van der Waals surface area contributed by atoms with Gasteiger partial charge in [0, 0.05) is 6.08 Å². The highest BCUT2D eigenvalue weighted by Crippen LogP contribution is 2.26. The van der Waals surface area contributed by atoms with Gasteiger partial charge in [0.15, 0.2) is 23.9 Å². The Labute approximate surface area is 150 Å². The summed E-state index contributed by atoms with van der Waals surface area (Å²) < 4.78 is 9.84. The number of aromatic hydroxyl groups is 2. The predicted octanol–water partition coefficient (Wildman–Crippen LogP) is 2.95. The molecule has 0 bridgehead atoms. The van der Waals surface area contributed by atoms with Crippen molar-refractivity contribution in [2.75, 3.05) is 13.7 Å². The lowest BCUT2D eigenvalue weighted by atomic mass is 10.1. The van der Waals surface area contributed by atoms with Gasteiger partial charge in [-0.1, -0.05) is 24.3 Å². The van der Waals surface area contributed by atoms with Crippen molar-refractivity contribution in [1.29, 1.82) is 0 Å². The predicted molar refractivity (Wildman–Crippen MR) is 96.8 cm³/mol. The fourth-order valence-electron chi connectivity index (χ4n) is 2.02. The highest BCUT2D eigenvalue weighted by Gasteiger charge is 2.04. The van der Waals surface area contributed by atoms with Crippen LogP contribution in [0.15, 0.2) is 54.6 Å². The van der Waals surface area contributed by atoms with Crippen LogP contribution in [-0.4, -0.2) is 35.7 Å². The van der Waals surface area contributed by atoms with E-state index in [1.54, 1.807) is 24.3 Å². The summed E-state index contributed by atoms with van der Waals surface area (Å²) in [6.45, 7) is -0.394. The fraction of sp³-hybridized carbons (Fsp3) is 0.100. The van der Waals surface area contributed by atoms with Gasteiger partial charge in [-0.25, -0.2) is 4.79 Å². The van der Waals surface area contributed by atoms with Gasteiger partial charge in [0.05, 0.1) is 7.11 Å². The molecule has 134 valence electrons. The molecule has 0 unspecified atom stereocenters. The Kier molecular flexibility index (Phi) is 6.56. The van der Waals surface area contributed by atoms with Crippen LogP contribution in [0.3, 0.4) is 0 Å². The number of phenols is 2. The van der Waals surface area contributed by atoms with E-state index >= 15 is 0 Å². The summed E-state index contributed by atoms with van der Waals surface area (Å²) in [7, 11) is 1.43. The second-order valence-electron chi connectivity index (χ2n) is 5.27. The Hall–Kier alpha value is -3.54. The van der Waals surface area contributed by atoms with Crippen molar-refractivity contribution >= 4 is 23.9 Å². The van der Waals surface area contributed by atoms with E-state index in [1.807, 2.05) is 0 Å². The molecule has 2 rings (SSSR count). The van der Waals surface area contributed by atoms with E-state index in [0.29, 0.717) is 16.9 Å². The standard InChI is InChI=1S/C20H18O6/c1-25-19-12-15(6-9-18(19)23)5-8-17(22)13-26-20(24)10-7-14-3-2-4-16(21)11-14/h2-12,21,23H,13H2,1H3/b8-5+,10-7+. The lowest BCUT2D eigenvalue weighted by molar-refractivity contribution is -0.141. The molecular weight excluding hydrogens is 336 g/mol. The molecule has 0 aliphatic rings. The SMILES string of the molecule is COc1cc(/C=C/C(=O)COC(=O)/C=C/c2cccc(O)c2)ccc1O. The third-order valence-electron chi connectivity index (χ3n) is 3.30. The smallest absolute Gasteiger partial charge is 0.331 e. The summed E-state index contributed by atoms with van der Waals surface area (Å²) in [6, 6.07) is 11.0. The molecule has 0 aliphatic carbocycles. The number of ketones is 1. The van der Waals surface area contributed by atoms with Gasteiger partial charge in [-0.2, -0.15) is 0 Å². The van der Waals surface area contributed by atoms with Gasteiger partial charge in [-0.05, 0) is 47.5 Å². The van der Waals surface area contributed by atoms with Crippen LogP contribution in [0.1, 0.15) is 11.1 Å². The first-order valence-corrected chi connectivity index (χ1v) is 7.69. The maximum Gasteiger partial charge on any atom is 0.331 e. The first-order valence-electron chi connectivity index (χ1n) is 7.69. The molecule has 6 heteroatoms. The molecule has 0 saturated carbocycles. The number of carbonyl (C=O) groups excluding carboxylic acids is 2. The third kappa shape index (κ3) is 5.83. The monoisotopic (exact) mass is 354 g/mol. The minimum absolute atomic E-state index is 0.00317. The Morgan fingerprint density at radius 3 is 2.46 bits per heavy atom. The Balaban J connectivity index is 1.85. The van der Waals surface area contributed by atoms with Crippen LogP contribution in [-0.2, 0) is 14.3 Å². The molecule has 0 aromatic heterocycles. The number of methoxy groups -OCH3 is 1. The van der Waals surface area contributed by atoms with Crippen LogP contribution < -0.4 is 4.74 Å². The molecule has 0 atom stereocenters. The molecule has 26 heavy (non-hydrogen) atoms. The quantitative estimate of drug-likeness (QED) is 0.587. The van der Waals surface area contributed by atoms with Crippen LogP contribution in [0.25, 0.3) is 12.2 Å². The number of ether oxygens (including phenoxy) is 2. The highest BCUT2D eigenvalue weighted by molar-refractivity contribution is 5.96. The third-order valence-corrected chi connectivity index (χ3v) is 3.30. The molecule has 2 N–H and O–H groups in total. The molecule has 0 saturated heterocycles. The van der Waals surface area contributed by atoms with Crippen molar-refractivity contribution in [3.8, 4) is 17.2 Å². The van der Waals surface area contributed by atoms with Crippen LogP contribution in [0.5, 0.6) is 17.2 Å². The number of hydrogen-bond acceptors (Lipinski definition) is 6. The molecule has 0 fully saturated rings. The summed E-state index contributed by atoms with van der Waals surface area (Å²) in [5.41, 5.74) is 1.29. The van der Waals surface area contributed by atoms with Crippen molar-refractivity contribution in [3.05, 3.63) is 65.7 Å². The van der Waals surface area contributed by atoms with Crippen LogP contribution in [0, 0.1) is 0 Å². The van der Waals surface area contributed by atoms with E-state index in [1.165, 1.54) is 49.6 Å². The number of phenolic OH excluding ortho intramolecular Hbond substituents is 2. The molecule has 2 aromatic rings. The number of rotatable bonds is 7. The summed E-state index contributed by atoms with van der Waals surface area (Å²) in [6.07, 6.45) is 5.46. The zero-order valence-electron chi connectivity index (χ0n) is 14.1. The molecule has 2 aromatic carbocycles. The number of benzene rings is 2. The van der Waals surface area contributed by atoms with Crippen molar-refractivity contribution < 1.29 is 29.3 Å². The number of esters is 1. The summed E-state index contributed by atoms with van der Waals surface area (Å²) >= 11 is 0. The Bertz CT molecular complexity index is 851. The van der Waals surface area contributed by atoms with Gasteiger partial charge in [0.2, 0.25) is 0 Å². The van der Waals surface area contributed by atoms with Gasteiger partial charge >= 0.3 is 5.97 Å². The molecule has 0 radical (unpaired) electrons. The Morgan fingerprint density at radius 1 is 1.00 bits per heavy atom. The van der Waals surface area contributed by atoms with E-state index in [4.69, 9.17) is 9.47 Å². The Morgan fingerprint density at radius 2 is 1.73 bits per heavy atom. The minimum Gasteiger partial charge on any atom is -0.508 e. The number of hydrogen-bond donors (Lipinski definition) is 2. The van der Waals surface area contributed by atoms with Gasteiger partial charge in [0.25, 0.3) is 0 Å². The van der Waals surface area contributed by atoms with Crippen molar-refractivity contribution in [1.82, 2.24) is 0 Å². The van der Waals surface area contributed by atoms with Crippen molar-refractivity contribution in [2.24, 2.45) is 0 Å². The lowest BCUT2D eigenvalue weighted by Gasteiger charge is -2.03. The van der Waals surface area contributed by atoms with E-state index in [0.717, 1.165) is 0 Å². The second kappa shape index (κ2) is 9.08. The topological polar surface area (TPSA) is 93.1 Å². The molecule has 0 aliphatic heterocycles. The highest BCUT2D eigenvalue weighted by atomic mass is 16.5. The zero-order chi connectivity index (χ0) is 18.9. The minimum atomic E-state index is -0.665. The second-order valence-corrected chi connectivity index (χ2v) is 5.27. The van der Waals surface area contributed by atoms with Gasteiger partial charge < -0.3 is 19.7 Å². The van der Waals surface area contributed by atoms with E-state index in [-0.39, 0.29) is 11.5 Å². The van der Waals surface area contributed by atoms with Crippen LogP contribution in [0.2, 0.25) is 0 Å². The summed E-state index contributed by atoms with van der Waals surface area (Å²) in [4.78, 5) is 23.4. The van der Waals surface area contributed by atoms with E-state index < -0.39 is 18.4 Å². The molecule has 0 spiro atoms. The molecule has 6 nitrogen and oxygen atoms in total. The average molecular weight is 354 g/mol. The largest absolute Gasteiger partial charge is 0.508 e. The van der Waals surface area contributed by atoms with Gasteiger partial charge in [0.1, 0.15) is 5.75 Å². The van der Waals surface area contributed by atoms with Crippen LogP contribution in [0.4, 0.5) is 0 Å². The maximum absolute atomic E-state index is 11.8. The first kappa shape index (κ1) is 18.8. The molecule has 0 amide bonds. The van der Waals surface area contributed by atoms with Crippen LogP contribution >= 0.6 is 0 Å².